The molecule has 0 N–H and O–H groups in total. The Balaban J connectivity index is 1.80. The molecule has 26 heavy (non-hydrogen) atoms. The fraction of sp³-hybridized carbons (Fsp3) is 0.350. The van der Waals surface area contributed by atoms with E-state index in [2.05, 4.69) is 4.99 Å². The second-order valence-electron chi connectivity index (χ2n) is 6.65. The van der Waals surface area contributed by atoms with Crippen LogP contribution < -0.4 is 0 Å². The van der Waals surface area contributed by atoms with Gasteiger partial charge in [0.25, 0.3) is 0 Å². The summed E-state index contributed by atoms with van der Waals surface area (Å²) < 4.78 is 16.0. The number of rotatable bonds is 3. The van der Waals surface area contributed by atoms with Gasteiger partial charge in [0, 0.05) is 35.7 Å². The minimum atomic E-state index is -0.658. The summed E-state index contributed by atoms with van der Waals surface area (Å²) in [7, 11) is 1.34. The summed E-state index contributed by atoms with van der Waals surface area (Å²) >= 11 is 0. The highest BCUT2D eigenvalue weighted by Crippen LogP contribution is 2.46. The van der Waals surface area contributed by atoms with Gasteiger partial charge in [-0.05, 0) is 31.2 Å². The molecule has 6 nitrogen and oxygen atoms in total. The van der Waals surface area contributed by atoms with Crippen molar-refractivity contribution in [3.8, 4) is 0 Å². The Hall–Kier alpha value is -2.89. The molecule has 2 aromatic rings. The van der Waals surface area contributed by atoms with Gasteiger partial charge in [-0.3, -0.25) is 14.6 Å². The van der Waals surface area contributed by atoms with Crippen LogP contribution >= 0.6 is 0 Å². The van der Waals surface area contributed by atoms with Gasteiger partial charge in [0.1, 0.15) is 17.4 Å². The Morgan fingerprint density at radius 2 is 1.85 bits per heavy atom. The fourth-order valence-corrected chi connectivity index (χ4v) is 3.99. The molecule has 4 rings (SSSR count). The van der Waals surface area contributed by atoms with Crippen LogP contribution in [-0.2, 0) is 14.3 Å². The molecule has 1 unspecified atom stereocenters. The van der Waals surface area contributed by atoms with E-state index in [9.17, 15) is 9.59 Å². The molecule has 1 aliphatic heterocycles. The summed E-state index contributed by atoms with van der Waals surface area (Å²) in [6, 6.07) is 7.24. The number of allylic oxidation sites excluding steroid dienone is 2. The number of esters is 1. The van der Waals surface area contributed by atoms with Gasteiger partial charge in [-0.25, -0.2) is 0 Å². The zero-order chi connectivity index (χ0) is 18.3. The largest absolute Gasteiger partial charge is 0.469 e. The average Bonchev–Trinajstić information content (AvgIpc) is 3.33. The number of ether oxygens (including phenoxy) is 1. The van der Waals surface area contributed by atoms with E-state index in [0.29, 0.717) is 35.6 Å². The number of nitrogens with zero attached hydrogens (tertiary/aromatic N) is 1. The number of ketones is 1. The first kappa shape index (κ1) is 16.6. The maximum Gasteiger partial charge on any atom is 0.315 e. The minimum Gasteiger partial charge on any atom is -0.469 e. The van der Waals surface area contributed by atoms with E-state index in [1.165, 1.54) is 7.11 Å². The van der Waals surface area contributed by atoms with Gasteiger partial charge in [0.2, 0.25) is 0 Å². The van der Waals surface area contributed by atoms with E-state index < -0.39 is 17.8 Å². The van der Waals surface area contributed by atoms with Crippen LogP contribution in [0.3, 0.4) is 0 Å². The van der Waals surface area contributed by atoms with Crippen LogP contribution in [0.15, 0.2) is 61.9 Å². The molecule has 3 atom stereocenters. The van der Waals surface area contributed by atoms with Crippen LogP contribution in [-0.4, -0.2) is 24.6 Å². The van der Waals surface area contributed by atoms with Crippen molar-refractivity contribution < 1.29 is 23.2 Å². The first-order valence-electron chi connectivity index (χ1n) is 8.56. The van der Waals surface area contributed by atoms with Crippen molar-refractivity contribution >= 4 is 17.5 Å². The van der Waals surface area contributed by atoms with Crippen molar-refractivity contribution in [2.75, 3.05) is 7.11 Å². The van der Waals surface area contributed by atoms with E-state index in [-0.39, 0.29) is 11.7 Å². The van der Waals surface area contributed by atoms with Crippen molar-refractivity contribution in [1.29, 1.82) is 0 Å². The summed E-state index contributed by atoms with van der Waals surface area (Å²) in [4.78, 5) is 30.1. The molecule has 2 aliphatic rings. The van der Waals surface area contributed by atoms with Gasteiger partial charge in [-0.15, -0.1) is 0 Å². The van der Waals surface area contributed by atoms with Crippen molar-refractivity contribution in [2.45, 2.75) is 31.6 Å². The third kappa shape index (κ3) is 2.62. The second kappa shape index (κ2) is 6.44. The molecule has 0 saturated carbocycles. The smallest absolute Gasteiger partial charge is 0.315 e. The van der Waals surface area contributed by atoms with Gasteiger partial charge >= 0.3 is 5.97 Å². The normalized spacial score (nSPS) is 25.7. The number of carbonyl (C=O) groups is 2. The highest BCUT2D eigenvalue weighted by Gasteiger charge is 2.46. The summed E-state index contributed by atoms with van der Waals surface area (Å²) in [5, 5.41) is 0. The van der Waals surface area contributed by atoms with Gasteiger partial charge < -0.3 is 13.6 Å². The highest BCUT2D eigenvalue weighted by atomic mass is 16.5. The lowest BCUT2D eigenvalue weighted by Crippen LogP contribution is -2.37. The van der Waals surface area contributed by atoms with Crippen LogP contribution in [0.4, 0.5) is 0 Å². The minimum absolute atomic E-state index is 0.0285. The van der Waals surface area contributed by atoms with Gasteiger partial charge in [0.05, 0.1) is 25.6 Å². The van der Waals surface area contributed by atoms with E-state index >= 15 is 0 Å². The zero-order valence-electron chi connectivity index (χ0n) is 14.6. The van der Waals surface area contributed by atoms with Crippen molar-refractivity contribution in [1.82, 2.24) is 0 Å². The predicted octanol–water partition coefficient (Wildman–Crippen LogP) is 3.62. The molecule has 0 bridgehead atoms. The van der Waals surface area contributed by atoms with Crippen molar-refractivity contribution in [2.24, 2.45) is 10.9 Å². The third-order valence-corrected chi connectivity index (χ3v) is 5.14. The SMILES string of the molecule is COC(=O)C1C(C)=NC2=C(C(=O)C[C@@H](c3ccco3)C2)[C@@H]1c1ccco1. The Morgan fingerprint density at radius 1 is 1.15 bits per heavy atom. The Kier molecular flexibility index (Phi) is 4.11. The van der Waals surface area contributed by atoms with E-state index in [4.69, 9.17) is 13.6 Å². The van der Waals surface area contributed by atoms with Crippen molar-refractivity contribution in [3.63, 3.8) is 0 Å². The number of aliphatic imine (C=N–C) groups is 1. The molecule has 0 aromatic carbocycles. The number of Topliss-reactive ketones (excluding diaryl/α,β-unsaturated/α-hetero) is 1. The molecular weight excluding hydrogens is 334 g/mol. The van der Waals surface area contributed by atoms with Crippen molar-refractivity contribution in [3.05, 3.63) is 59.6 Å². The average molecular weight is 353 g/mol. The summed E-state index contributed by atoms with van der Waals surface area (Å²) in [6.07, 6.45) is 4.07. The van der Waals surface area contributed by atoms with Crippen LogP contribution in [0.1, 0.15) is 43.1 Å². The molecule has 0 fully saturated rings. The quantitative estimate of drug-likeness (QED) is 0.787. The molecule has 0 amide bonds. The van der Waals surface area contributed by atoms with Gasteiger partial charge in [-0.1, -0.05) is 0 Å². The van der Waals surface area contributed by atoms with E-state index in [1.54, 1.807) is 31.6 Å². The Labute approximate surface area is 150 Å². The number of furan rings is 2. The lowest BCUT2D eigenvalue weighted by Gasteiger charge is -2.34. The molecule has 0 radical (unpaired) electrons. The summed E-state index contributed by atoms with van der Waals surface area (Å²) in [6.45, 7) is 1.79. The monoisotopic (exact) mass is 353 g/mol. The van der Waals surface area contributed by atoms with E-state index in [0.717, 1.165) is 5.76 Å². The highest BCUT2D eigenvalue weighted by molar-refractivity contribution is 6.08. The second-order valence-corrected chi connectivity index (χ2v) is 6.65. The molecule has 2 aromatic heterocycles. The number of hydrogen-bond donors (Lipinski definition) is 0. The third-order valence-electron chi connectivity index (χ3n) is 5.14. The molecule has 1 aliphatic carbocycles. The Bertz CT molecular complexity index is 889. The van der Waals surface area contributed by atoms with E-state index in [1.807, 2.05) is 12.1 Å². The Morgan fingerprint density at radius 3 is 2.46 bits per heavy atom. The number of methoxy groups -OCH3 is 1. The molecule has 3 heterocycles. The molecule has 134 valence electrons. The lowest BCUT2D eigenvalue weighted by molar-refractivity contribution is -0.143. The topological polar surface area (TPSA) is 82.0 Å². The predicted molar refractivity (Wildman–Crippen MR) is 92.8 cm³/mol. The maximum atomic E-state index is 13.0. The van der Waals surface area contributed by atoms with Gasteiger partial charge in [0.15, 0.2) is 5.78 Å². The summed E-state index contributed by atoms with van der Waals surface area (Å²) in [5.41, 5.74) is 1.90. The van der Waals surface area contributed by atoms with Crippen LogP contribution in [0.2, 0.25) is 0 Å². The lowest BCUT2D eigenvalue weighted by atomic mass is 9.71. The van der Waals surface area contributed by atoms with Gasteiger partial charge in [-0.2, -0.15) is 0 Å². The molecule has 0 spiro atoms. The van der Waals surface area contributed by atoms with Crippen LogP contribution in [0.25, 0.3) is 0 Å². The first-order valence-corrected chi connectivity index (χ1v) is 8.56. The fourth-order valence-electron chi connectivity index (χ4n) is 3.99. The first-order chi connectivity index (χ1) is 12.6. The summed E-state index contributed by atoms with van der Waals surface area (Å²) in [5.74, 6) is -0.294. The number of hydrogen-bond acceptors (Lipinski definition) is 6. The standard InChI is InChI=1S/C20H19NO5/c1-11-17(20(23)24-2)19(16-6-4-8-26-16)18-13(21-11)9-12(10-14(18)22)15-5-3-7-25-15/h3-8,12,17,19H,9-10H2,1-2H3/t12-,17?,19+/m0/s1. The number of carbonyl (C=O) groups excluding carboxylic acids is 2. The molecule has 6 heteroatoms. The van der Waals surface area contributed by atoms with Crippen LogP contribution in [0.5, 0.6) is 0 Å². The van der Waals surface area contributed by atoms with Crippen LogP contribution in [0, 0.1) is 5.92 Å². The molecule has 0 saturated heterocycles. The maximum absolute atomic E-state index is 13.0. The zero-order valence-corrected chi connectivity index (χ0v) is 14.6. The molecular formula is C20H19NO5.